The van der Waals surface area contributed by atoms with Crippen molar-refractivity contribution in [2.45, 2.75) is 44.8 Å². The molecular formula is C17H25N3O4S. The molecule has 8 heteroatoms. The first-order valence-electron chi connectivity index (χ1n) is 8.69. The van der Waals surface area contributed by atoms with Gasteiger partial charge in [0.1, 0.15) is 0 Å². The zero-order valence-corrected chi connectivity index (χ0v) is 15.2. The van der Waals surface area contributed by atoms with Gasteiger partial charge in [0.15, 0.2) is 0 Å². The normalized spacial score (nSPS) is 23.9. The summed E-state index contributed by atoms with van der Waals surface area (Å²) in [6, 6.07) is 7.95. The highest BCUT2D eigenvalue weighted by Crippen LogP contribution is 2.27. The van der Waals surface area contributed by atoms with Gasteiger partial charge in [-0.3, -0.25) is 9.69 Å². The summed E-state index contributed by atoms with van der Waals surface area (Å²) in [5.74, 6) is -0.849. The molecule has 0 aromatic heterocycles. The van der Waals surface area contributed by atoms with E-state index < -0.39 is 16.2 Å². The highest BCUT2D eigenvalue weighted by atomic mass is 32.2. The van der Waals surface area contributed by atoms with Crippen molar-refractivity contribution in [2.24, 2.45) is 0 Å². The summed E-state index contributed by atoms with van der Waals surface area (Å²) < 4.78 is 29.5. The summed E-state index contributed by atoms with van der Waals surface area (Å²) >= 11 is 0. The number of hydrogen-bond donors (Lipinski definition) is 2. The quantitative estimate of drug-likeness (QED) is 0.745. The first kappa shape index (κ1) is 18.3. The number of hydrogen-bond acceptors (Lipinski definition) is 4. The van der Waals surface area contributed by atoms with Crippen molar-refractivity contribution >= 4 is 16.2 Å². The zero-order valence-electron chi connectivity index (χ0n) is 14.4. The average Bonchev–Trinajstić information content (AvgIpc) is 2.55. The predicted molar refractivity (Wildman–Crippen MR) is 94.3 cm³/mol. The van der Waals surface area contributed by atoms with Gasteiger partial charge in [-0.1, -0.05) is 31.2 Å². The Morgan fingerprint density at radius 3 is 2.64 bits per heavy atom. The molecule has 3 rings (SSSR count). The number of rotatable bonds is 7. The fourth-order valence-corrected chi connectivity index (χ4v) is 5.02. The molecule has 138 valence electrons. The van der Waals surface area contributed by atoms with Crippen molar-refractivity contribution in [1.82, 2.24) is 13.9 Å². The van der Waals surface area contributed by atoms with Gasteiger partial charge in [-0.15, -0.1) is 0 Å². The zero-order chi connectivity index (χ0) is 18.0. The van der Waals surface area contributed by atoms with Crippen molar-refractivity contribution in [3.8, 4) is 0 Å². The topological polar surface area (TPSA) is 90.0 Å². The number of benzene rings is 1. The Kier molecular flexibility index (Phi) is 5.43. The standard InChI is InChI=1S/C17H25N3O4S/c1-2-19(12-17(21)22)16-9-15(10-16)18-25(23,24)20-8-7-13-5-3-4-6-14(13)11-20/h3-6,15-16,18H,2,7-12H2,1H3,(H,21,22). The maximum Gasteiger partial charge on any atom is 0.317 e. The van der Waals surface area contributed by atoms with Gasteiger partial charge in [0.05, 0.1) is 6.54 Å². The molecule has 1 heterocycles. The summed E-state index contributed by atoms with van der Waals surface area (Å²) in [5.41, 5.74) is 2.27. The lowest BCUT2D eigenvalue weighted by atomic mass is 9.86. The van der Waals surface area contributed by atoms with Gasteiger partial charge >= 0.3 is 5.97 Å². The molecule has 1 fully saturated rings. The first-order chi connectivity index (χ1) is 11.9. The molecule has 2 N–H and O–H groups in total. The number of carbonyl (C=O) groups is 1. The second-order valence-corrected chi connectivity index (χ2v) is 8.46. The van der Waals surface area contributed by atoms with E-state index in [0.29, 0.717) is 32.5 Å². The largest absolute Gasteiger partial charge is 0.480 e. The molecule has 0 saturated heterocycles. The molecule has 0 atom stereocenters. The highest BCUT2D eigenvalue weighted by Gasteiger charge is 2.38. The molecule has 1 aromatic rings. The van der Waals surface area contributed by atoms with Crippen LogP contribution in [0.5, 0.6) is 0 Å². The van der Waals surface area contributed by atoms with E-state index >= 15 is 0 Å². The predicted octanol–water partition coefficient (Wildman–Crippen LogP) is 0.817. The molecule has 1 saturated carbocycles. The highest BCUT2D eigenvalue weighted by molar-refractivity contribution is 7.87. The van der Waals surface area contributed by atoms with Crippen molar-refractivity contribution < 1.29 is 18.3 Å². The summed E-state index contributed by atoms with van der Waals surface area (Å²) in [4.78, 5) is 12.7. The summed E-state index contributed by atoms with van der Waals surface area (Å²) in [6.45, 7) is 3.47. The second-order valence-electron chi connectivity index (χ2n) is 6.75. The van der Waals surface area contributed by atoms with E-state index in [2.05, 4.69) is 4.72 Å². The number of aliphatic carboxylic acids is 1. The van der Waals surface area contributed by atoms with E-state index in [1.807, 2.05) is 36.1 Å². The third-order valence-corrected chi connectivity index (χ3v) is 6.75. The molecule has 1 aliphatic heterocycles. The smallest absolute Gasteiger partial charge is 0.317 e. The maximum absolute atomic E-state index is 12.6. The van der Waals surface area contributed by atoms with Crippen LogP contribution in [0.25, 0.3) is 0 Å². The van der Waals surface area contributed by atoms with Crippen LogP contribution in [0.3, 0.4) is 0 Å². The van der Waals surface area contributed by atoms with Crippen molar-refractivity contribution in [3.05, 3.63) is 35.4 Å². The van der Waals surface area contributed by atoms with Gasteiger partial charge in [0.2, 0.25) is 0 Å². The minimum Gasteiger partial charge on any atom is -0.480 e. The van der Waals surface area contributed by atoms with Crippen LogP contribution in [0.15, 0.2) is 24.3 Å². The van der Waals surface area contributed by atoms with Gasteiger partial charge in [-0.05, 0) is 36.9 Å². The van der Waals surface area contributed by atoms with Gasteiger partial charge in [-0.2, -0.15) is 17.4 Å². The Labute approximate surface area is 148 Å². The van der Waals surface area contributed by atoms with E-state index in [9.17, 15) is 13.2 Å². The molecule has 1 aromatic carbocycles. The lowest BCUT2D eigenvalue weighted by Gasteiger charge is -2.42. The molecule has 0 radical (unpaired) electrons. The average molecular weight is 367 g/mol. The Morgan fingerprint density at radius 2 is 2.00 bits per heavy atom. The lowest BCUT2D eigenvalue weighted by Crippen LogP contribution is -2.57. The fourth-order valence-electron chi connectivity index (χ4n) is 3.62. The number of nitrogens with zero attached hydrogens (tertiary/aromatic N) is 2. The van der Waals surface area contributed by atoms with Crippen LogP contribution in [0.1, 0.15) is 30.9 Å². The van der Waals surface area contributed by atoms with Crippen LogP contribution >= 0.6 is 0 Å². The Balaban J connectivity index is 1.55. The third-order valence-electron chi connectivity index (χ3n) is 5.13. The van der Waals surface area contributed by atoms with Crippen molar-refractivity contribution in [1.29, 1.82) is 0 Å². The molecular weight excluding hydrogens is 342 g/mol. The van der Waals surface area contributed by atoms with Crippen LogP contribution in [0.2, 0.25) is 0 Å². The fraction of sp³-hybridized carbons (Fsp3) is 0.588. The second kappa shape index (κ2) is 7.41. The molecule has 0 spiro atoms. The molecule has 0 unspecified atom stereocenters. The minimum absolute atomic E-state index is 0.00352. The van der Waals surface area contributed by atoms with Gasteiger partial charge in [0, 0.05) is 25.2 Å². The summed E-state index contributed by atoms with van der Waals surface area (Å²) in [5, 5.41) is 8.93. The first-order valence-corrected chi connectivity index (χ1v) is 10.1. The van der Waals surface area contributed by atoms with E-state index in [0.717, 1.165) is 12.0 Å². The van der Waals surface area contributed by atoms with Crippen LogP contribution < -0.4 is 4.72 Å². The number of fused-ring (bicyclic) bond motifs is 1. The van der Waals surface area contributed by atoms with Crippen LogP contribution in [-0.4, -0.2) is 60.4 Å². The molecule has 1 aliphatic carbocycles. The Hall–Kier alpha value is -1.48. The number of carboxylic acids is 1. The van der Waals surface area contributed by atoms with Crippen molar-refractivity contribution in [2.75, 3.05) is 19.6 Å². The van der Waals surface area contributed by atoms with Crippen LogP contribution in [0.4, 0.5) is 0 Å². The summed E-state index contributed by atoms with van der Waals surface area (Å²) in [6.07, 6.45) is 2.04. The lowest BCUT2D eigenvalue weighted by molar-refractivity contribution is -0.139. The minimum atomic E-state index is -3.52. The van der Waals surface area contributed by atoms with Crippen LogP contribution in [-0.2, 0) is 28.0 Å². The van der Waals surface area contributed by atoms with Gasteiger partial charge in [-0.25, -0.2) is 0 Å². The van der Waals surface area contributed by atoms with Crippen molar-refractivity contribution in [3.63, 3.8) is 0 Å². The molecule has 25 heavy (non-hydrogen) atoms. The summed E-state index contributed by atoms with van der Waals surface area (Å²) in [7, 11) is -3.52. The van der Waals surface area contributed by atoms with E-state index in [-0.39, 0.29) is 18.6 Å². The number of likely N-dealkylation sites (N-methyl/N-ethyl adjacent to an activating group) is 1. The number of carboxylic acid groups (broad SMARTS) is 1. The number of nitrogens with one attached hydrogen (secondary N) is 1. The SMILES string of the molecule is CCN(CC(=O)O)C1CC(NS(=O)(=O)N2CCc3ccccc3C2)C1. The van der Waals surface area contributed by atoms with Gasteiger partial charge < -0.3 is 5.11 Å². The Bertz CT molecular complexity index is 731. The van der Waals surface area contributed by atoms with E-state index in [4.69, 9.17) is 5.11 Å². The van der Waals surface area contributed by atoms with E-state index in [1.165, 1.54) is 9.87 Å². The Morgan fingerprint density at radius 1 is 1.32 bits per heavy atom. The monoisotopic (exact) mass is 367 g/mol. The van der Waals surface area contributed by atoms with Gasteiger partial charge in [0.25, 0.3) is 10.2 Å². The molecule has 0 bridgehead atoms. The molecule has 7 nitrogen and oxygen atoms in total. The maximum atomic E-state index is 12.6. The molecule has 0 amide bonds. The van der Waals surface area contributed by atoms with Crippen LogP contribution in [0, 0.1) is 0 Å². The third kappa shape index (κ3) is 4.20. The molecule has 2 aliphatic rings. The van der Waals surface area contributed by atoms with E-state index in [1.54, 1.807) is 0 Å².